The normalized spacial score (nSPS) is 16.0. The summed E-state index contributed by atoms with van der Waals surface area (Å²) in [6, 6.07) is 7.57. The van der Waals surface area contributed by atoms with E-state index in [9.17, 15) is 9.59 Å². The van der Waals surface area contributed by atoms with Gasteiger partial charge in [0.15, 0.2) is 0 Å². The summed E-state index contributed by atoms with van der Waals surface area (Å²) in [5.41, 5.74) is 0.563. The van der Waals surface area contributed by atoms with Gasteiger partial charge in [-0.05, 0) is 23.8 Å². The van der Waals surface area contributed by atoms with E-state index in [0.29, 0.717) is 32.0 Å². The van der Waals surface area contributed by atoms with Crippen molar-refractivity contribution in [3.63, 3.8) is 0 Å². The van der Waals surface area contributed by atoms with Gasteiger partial charge in [-0.3, -0.25) is 9.59 Å². The van der Waals surface area contributed by atoms with Crippen molar-refractivity contribution in [2.45, 2.75) is 20.8 Å². The molecule has 130 valence electrons. The Morgan fingerprint density at radius 2 is 1.75 bits per heavy atom. The summed E-state index contributed by atoms with van der Waals surface area (Å²) in [5, 5.41) is 2.80. The molecule has 1 aliphatic heterocycles. The van der Waals surface area contributed by atoms with Crippen molar-refractivity contribution in [2.75, 3.05) is 26.3 Å². The highest BCUT2D eigenvalue weighted by Crippen LogP contribution is 2.17. The average Bonchev–Trinajstić information content (AvgIpc) is 2.55. The molecule has 2 rings (SSSR count). The molecule has 2 amide bonds. The standard InChI is InChI=1S/C18H23BrN2O3/c1-18(2,3)17(23)20-15(12-13-4-6-14(19)7-5-13)16(22)21-8-10-24-11-9-21/h4-7,12H,8-11H2,1-3H3,(H,20,23)/b15-12+. The molecule has 0 bridgehead atoms. The number of amides is 2. The molecule has 0 spiro atoms. The summed E-state index contributed by atoms with van der Waals surface area (Å²) in [4.78, 5) is 26.9. The van der Waals surface area contributed by atoms with Crippen molar-refractivity contribution in [1.29, 1.82) is 0 Å². The fraction of sp³-hybridized carbons (Fsp3) is 0.444. The topological polar surface area (TPSA) is 58.6 Å². The molecular weight excluding hydrogens is 372 g/mol. The number of carbonyl (C=O) groups is 2. The van der Waals surface area contributed by atoms with Crippen LogP contribution in [0.25, 0.3) is 6.08 Å². The van der Waals surface area contributed by atoms with E-state index >= 15 is 0 Å². The number of nitrogens with one attached hydrogen (secondary N) is 1. The van der Waals surface area contributed by atoms with E-state index in [1.54, 1.807) is 11.0 Å². The highest BCUT2D eigenvalue weighted by molar-refractivity contribution is 9.10. The molecule has 1 N–H and O–H groups in total. The van der Waals surface area contributed by atoms with Crippen molar-refractivity contribution in [3.8, 4) is 0 Å². The summed E-state index contributed by atoms with van der Waals surface area (Å²) < 4.78 is 6.25. The maximum Gasteiger partial charge on any atom is 0.270 e. The Morgan fingerprint density at radius 3 is 2.29 bits per heavy atom. The van der Waals surface area contributed by atoms with Gasteiger partial charge >= 0.3 is 0 Å². The molecule has 0 atom stereocenters. The van der Waals surface area contributed by atoms with Gasteiger partial charge in [-0.25, -0.2) is 0 Å². The molecule has 1 fully saturated rings. The minimum atomic E-state index is -0.579. The van der Waals surface area contributed by atoms with Crippen LogP contribution in [0.3, 0.4) is 0 Å². The fourth-order valence-electron chi connectivity index (χ4n) is 2.12. The smallest absolute Gasteiger partial charge is 0.270 e. The second-order valence-electron chi connectivity index (χ2n) is 6.72. The fourth-order valence-corrected chi connectivity index (χ4v) is 2.39. The van der Waals surface area contributed by atoms with Crippen molar-refractivity contribution >= 4 is 33.8 Å². The Kier molecular flexibility index (Phi) is 6.18. The lowest BCUT2D eigenvalue weighted by atomic mass is 9.95. The quantitative estimate of drug-likeness (QED) is 0.801. The molecule has 0 saturated carbocycles. The van der Waals surface area contributed by atoms with Crippen LogP contribution in [-0.2, 0) is 14.3 Å². The van der Waals surface area contributed by atoms with Gasteiger partial charge in [-0.15, -0.1) is 0 Å². The lowest BCUT2D eigenvalue weighted by molar-refractivity contribution is -0.134. The first kappa shape index (κ1) is 18.7. The third-order valence-electron chi connectivity index (χ3n) is 3.64. The molecule has 1 aromatic carbocycles. The van der Waals surface area contributed by atoms with Gasteiger partial charge in [0, 0.05) is 23.0 Å². The predicted molar refractivity (Wildman–Crippen MR) is 97.1 cm³/mol. The van der Waals surface area contributed by atoms with Gasteiger partial charge in [0.25, 0.3) is 5.91 Å². The van der Waals surface area contributed by atoms with E-state index in [0.717, 1.165) is 10.0 Å². The molecule has 1 aliphatic rings. The van der Waals surface area contributed by atoms with Crippen LogP contribution in [0.2, 0.25) is 0 Å². The van der Waals surface area contributed by atoms with Crippen LogP contribution in [0.15, 0.2) is 34.4 Å². The summed E-state index contributed by atoms with van der Waals surface area (Å²) in [6.07, 6.45) is 1.72. The van der Waals surface area contributed by atoms with E-state index < -0.39 is 5.41 Å². The van der Waals surface area contributed by atoms with Gasteiger partial charge in [-0.2, -0.15) is 0 Å². The minimum Gasteiger partial charge on any atom is -0.378 e. The molecule has 0 unspecified atom stereocenters. The lowest BCUT2D eigenvalue weighted by Crippen LogP contribution is -2.46. The van der Waals surface area contributed by atoms with Gasteiger partial charge in [0.2, 0.25) is 5.91 Å². The number of hydrogen-bond acceptors (Lipinski definition) is 3. The molecule has 6 heteroatoms. The van der Waals surface area contributed by atoms with Gasteiger partial charge in [0.1, 0.15) is 5.70 Å². The average molecular weight is 395 g/mol. The molecule has 1 heterocycles. The SMILES string of the molecule is CC(C)(C)C(=O)N/C(=C/c1ccc(Br)cc1)C(=O)N1CCOCC1. The number of morpholine rings is 1. The van der Waals surface area contributed by atoms with Crippen LogP contribution in [0.5, 0.6) is 0 Å². The van der Waals surface area contributed by atoms with E-state index in [1.807, 2.05) is 45.0 Å². The first-order valence-electron chi connectivity index (χ1n) is 7.93. The maximum absolute atomic E-state index is 12.8. The van der Waals surface area contributed by atoms with E-state index in [2.05, 4.69) is 21.2 Å². The van der Waals surface area contributed by atoms with Crippen molar-refractivity contribution < 1.29 is 14.3 Å². The van der Waals surface area contributed by atoms with E-state index in [-0.39, 0.29) is 11.8 Å². The number of rotatable bonds is 3. The zero-order valence-corrected chi connectivity index (χ0v) is 15.9. The van der Waals surface area contributed by atoms with Crippen molar-refractivity contribution in [2.24, 2.45) is 5.41 Å². The first-order valence-corrected chi connectivity index (χ1v) is 8.72. The van der Waals surface area contributed by atoms with Crippen molar-refractivity contribution in [1.82, 2.24) is 10.2 Å². The third-order valence-corrected chi connectivity index (χ3v) is 4.17. The maximum atomic E-state index is 12.8. The van der Waals surface area contributed by atoms with E-state index in [1.165, 1.54) is 0 Å². The van der Waals surface area contributed by atoms with Gasteiger partial charge < -0.3 is 15.0 Å². The van der Waals surface area contributed by atoms with Crippen LogP contribution >= 0.6 is 15.9 Å². The number of halogens is 1. The van der Waals surface area contributed by atoms with Gasteiger partial charge in [-0.1, -0.05) is 48.8 Å². The van der Waals surface area contributed by atoms with Crippen LogP contribution in [0.1, 0.15) is 26.3 Å². The zero-order chi connectivity index (χ0) is 17.7. The van der Waals surface area contributed by atoms with E-state index in [4.69, 9.17) is 4.74 Å². The second-order valence-corrected chi connectivity index (χ2v) is 7.63. The summed E-state index contributed by atoms with van der Waals surface area (Å²) in [7, 11) is 0. The van der Waals surface area contributed by atoms with Gasteiger partial charge in [0.05, 0.1) is 13.2 Å². The minimum absolute atomic E-state index is 0.182. The second kappa shape index (κ2) is 7.94. The van der Waals surface area contributed by atoms with Crippen LogP contribution in [0.4, 0.5) is 0 Å². The summed E-state index contributed by atoms with van der Waals surface area (Å²) in [5.74, 6) is -0.369. The third kappa shape index (κ3) is 5.18. The lowest BCUT2D eigenvalue weighted by Gasteiger charge is -2.28. The largest absolute Gasteiger partial charge is 0.378 e. The summed E-state index contributed by atoms with van der Waals surface area (Å²) in [6.45, 7) is 7.55. The van der Waals surface area contributed by atoms with Crippen molar-refractivity contribution in [3.05, 3.63) is 40.0 Å². The highest BCUT2D eigenvalue weighted by Gasteiger charge is 2.27. The molecule has 0 radical (unpaired) electrons. The Hall–Kier alpha value is -1.66. The van der Waals surface area contributed by atoms with Crippen LogP contribution in [-0.4, -0.2) is 43.0 Å². The molecule has 0 aliphatic carbocycles. The Labute approximate surface area is 151 Å². The number of nitrogens with zero attached hydrogens (tertiary/aromatic N) is 1. The number of ether oxygens (including phenoxy) is 1. The molecule has 5 nitrogen and oxygen atoms in total. The molecule has 1 aromatic rings. The van der Waals surface area contributed by atoms with Crippen LogP contribution < -0.4 is 5.32 Å². The number of benzene rings is 1. The Balaban J connectivity index is 2.27. The Bertz CT molecular complexity index is 627. The predicted octanol–water partition coefficient (Wildman–Crippen LogP) is 2.81. The summed E-state index contributed by atoms with van der Waals surface area (Å²) >= 11 is 3.39. The highest BCUT2D eigenvalue weighted by atomic mass is 79.9. The monoisotopic (exact) mass is 394 g/mol. The van der Waals surface area contributed by atoms with Crippen LogP contribution in [0, 0.1) is 5.41 Å². The zero-order valence-electron chi connectivity index (χ0n) is 14.3. The molecule has 24 heavy (non-hydrogen) atoms. The Morgan fingerprint density at radius 1 is 1.17 bits per heavy atom. The first-order chi connectivity index (χ1) is 11.3. The number of hydrogen-bond donors (Lipinski definition) is 1. The molecular formula is C18H23BrN2O3. The molecule has 1 saturated heterocycles. The molecule has 0 aromatic heterocycles. The number of carbonyl (C=O) groups excluding carboxylic acids is 2.